The number of rotatable bonds is 5. The van der Waals surface area contributed by atoms with Crippen LogP contribution in [0.5, 0.6) is 0 Å². The smallest absolute Gasteiger partial charge is 0.254 e. The van der Waals surface area contributed by atoms with E-state index in [2.05, 4.69) is 29.4 Å². The van der Waals surface area contributed by atoms with E-state index in [0.29, 0.717) is 37.7 Å². The average Bonchev–Trinajstić information content (AvgIpc) is 2.86. The maximum atomic E-state index is 12.7. The number of carbonyl (C=O) groups is 1. The van der Waals surface area contributed by atoms with E-state index in [1.54, 1.807) is 12.4 Å². The van der Waals surface area contributed by atoms with E-state index in [1.807, 2.05) is 72.5 Å². The predicted octanol–water partition coefficient (Wildman–Crippen LogP) is 5.39. The number of ether oxygens (including phenoxy) is 1. The molecule has 1 N–H and O–H groups in total. The van der Waals surface area contributed by atoms with Crippen molar-refractivity contribution in [3.05, 3.63) is 83.6 Å². The van der Waals surface area contributed by atoms with Gasteiger partial charge in [-0.3, -0.25) is 10.2 Å². The number of pyridine rings is 1. The summed E-state index contributed by atoms with van der Waals surface area (Å²) >= 11 is 0. The minimum atomic E-state index is 0.0388. The van der Waals surface area contributed by atoms with Crippen molar-refractivity contribution < 1.29 is 9.53 Å². The van der Waals surface area contributed by atoms with Gasteiger partial charge < -0.3 is 9.64 Å². The molecule has 6 nitrogen and oxygen atoms in total. The van der Waals surface area contributed by atoms with Crippen LogP contribution < -0.4 is 5.43 Å². The zero-order valence-electron chi connectivity index (χ0n) is 19.6. The lowest BCUT2D eigenvalue weighted by atomic mass is 10.0. The number of aromatic nitrogens is 1. The van der Waals surface area contributed by atoms with Gasteiger partial charge in [0.1, 0.15) is 5.82 Å². The fourth-order valence-electron chi connectivity index (χ4n) is 3.31. The molecule has 0 saturated carbocycles. The summed E-state index contributed by atoms with van der Waals surface area (Å²) < 4.78 is 5.33. The van der Waals surface area contributed by atoms with Crippen LogP contribution in [0.2, 0.25) is 0 Å². The van der Waals surface area contributed by atoms with E-state index >= 15 is 0 Å². The molecule has 172 valence electrons. The van der Waals surface area contributed by atoms with Gasteiger partial charge in [0.05, 0.1) is 19.4 Å². The number of morpholine rings is 1. The molecule has 1 aliphatic heterocycles. The van der Waals surface area contributed by atoms with Crippen molar-refractivity contribution in [2.75, 3.05) is 31.7 Å². The molecule has 0 bridgehead atoms. The fraction of sp³-hybridized carbons (Fsp3) is 0.296. The van der Waals surface area contributed by atoms with Crippen molar-refractivity contribution in [2.45, 2.75) is 27.2 Å². The first kappa shape index (κ1) is 24.1. The maximum absolute atomic E-state index is 12.7. The molecule has 4 rings (SSSR count). The Kier molecular flexibility index (Phi) is 9.15. The highest BCUT2D eigenvalue weighted by Gasteiger charge is 2.18. The third-order valence-corrected chi connectivity index (χ3v) is 5.08. The quantitative estimate of drug-likeness (QED) is 0.423. The van der Waals surface area contributed by atoms with E-state index < -0.39 is 0 Å². The third-order valence-electron chi connectivity index (χ3n) is 5.08. The molecule has 1 amide bonds. The summed E-state index contributed by atoms with van der Waals surface area (Å²) in [5.41, 5.74) is 7.76. The predicted molar refractivity (Wildman–Crippen MR) is 135 cm³/mol. The van der Waals surface area contributed by atoms with Gasteiger partial charge in [-0.1, -0.05) is 56.7 Å². The lowest BCUT2D eigenvalue weighted by Gasteiger charge is -2.27. The Morgan fingerprint density at radius 1 is 1.06 bits per heavy atom. The molecule has 6 heteroatoms. The number of aryl methyl sites for hydroxylation is 1. The highest BCUT2D eigenvalue weighted by molar-refractivity contribution is 5.95. The minimum Gasteiger partial charge on any atom is -0.378 e. The summed E-state index contributed by atoms with van der Waals surface area (Å²) in [6.07, 6.45) is 4.82. The molecule has 1 fully saturated rings. The van der Waals surface area contributed by atoms with Crippen LogP contribution in [0.15, 0.2) is 72.0 Å². The zero-order chi connectivity index (χ0) is 23.5. The molecule has 0 atom stereocenters. The Morgan fingerprint density at radius 3 is 2.52 bits per heavy atom. The van der Waals surface area contributed by atoms with Gasteiger partial charge in [-0.15, -0.1) is 0 Å². The molecular weight excluding hydrogens is 412 g/mol. The van der Waals surface area contributed by atoms with E-state index in [9.17, 15) is 4.79 Å². The molecule has 3 aromatic rings. The van der Waals surface area contributed by atoms with E-state index in [4.69, 9.17) is 4.74 Å². The van der Waals surface area contributed by atoms with Gasteiger partial charge in [-0.25, -0.2) is 4.98 Å². The second kappa shape index (κ2) is 12.5. The van der Waals surface area contributed by atoms with Crippen molar-refractivity contribution >= 4 is 17.9 Å². The number of anilines is 1. The number of hydrazone groups is 1. The zero-order valence-corrected chi connectivity index (χ0v) is 19.6. The van der Waals surface area contributed by atoms with Gasteiger partial charge in [0.2, 0.25) is 0 Å². The number of hydrogen-bond acceptors (Lipinski definition) is 5. The van der Waals surface area contributed by atoms with Crippen molar-refractivity contribution in [3.8, 4) is 11.1 Å². The van der Waals surface area contributed by atoms with Crippen molar-refractivity contribution in [1.29, 1.82) is 0 Å². The lowest BCUT2D eigenvalue weighted by Crippen LogP contribution is -2.40. The largest absolute Gasteiger partial charge is 0.378 e. The second-order valence-corrected chi connectivity index (χ2v) is 7.85. The van der Waals surface area contributed by atoms with Crippen LogP contribution in [0.25, 0.3) is 11.1 Å². The fourth-order valence-corrected chi connectivity index (χ4v) is 3.31. The van der Waals surface area contributed by atoms with Crippen molar-refractivity contribution in [2.24, 2.45) is 5.10 Å². The van der Waals surface area contributed by atoms with Gasteiger partial charge in [-0.05, 0) is 47.9 Å². The number of benzene rings is 2. The molecule has 2 aromatic carbocycles. The van der Waals surface area contributed by atoms with Crippen LogP contribution in [-0.4, -0.2) is 48.3 Å². The molecule has 0 aliphatic carbocycles. The van der Waals surface area contributed by atoms with Crippen LogP contribution in [0.4, 0.5) is 5.82 Å². The van der Waals surface area contributed by atoms with Crippen molar-refractivity contribution in [3.63, 3.8) is 0 Å². The molecule has 2 heterocycles. The van der Waals surface area contributed by atoms with Gasteiger partial charge in [0, 0.05) is 30.4 Å². The van der Waals surface area contributed by atoms with Crippen LogP contribution in [-0.2, 0) is 4.74 Å². The molecule has 1 aliphatic rings. The van der Waals surface area contributed by atoms with Crippen LogP contribution in [0.1, 0.15) is 41.8 Å². The highest BCUT2D eigenvalue weighted by Crippen LogP contribution is 2.22. The monoisotopic (exact) mass is 444 g/mol. The van der Waals surface area contributed by atoms with E-state index in [1.165, 1.54) is 6.42 Å². The van der Waals surface area contributed by atoms with E-state index in [-0.39, 0.29) is 5.91 Å². The van der Waals surface area contributed by atoms with Crippen LogP contribution in [0.3, 0.4) is 0 Å². The first-order valence-corrected chi connectivity index (χ1v) is 11.4. The van der Waals surface area contributed by atoms with Gasteiger partial charge in [0.25, 0.3) is 5.91 Å². The van der Waals surface area contributed by atoms with Crippen LogP contribution >= 0.6 is 0 Å². The molecule has 1 saturated heterocycles. The Bertz CT molecular complexity index is 1060. The van der Waals surface area contributed by atoms with Gasteiger partial charge in [-0.2, -0.15) is 5.10 Å². The summed E-state index contributed by atoms with van der Waals surface area (Å²) in [6.45, 7) is 8.75. The summed E-state index contributed by atoms with van der Waals surface area (Å²) in [7, 11) is 0. The summed E-state index contributed by atoms with van der Waals surface area (Å²) in [5, 5.41) is 4.27. The third kappa shape index (κ3) is 6.99. The second-order valence-electron chi connectivity index (χ2n) is 7.85. The Hall–Kier alpha value is -3.51. The first-order valence-electron chi connectivity index (χ1n) is 11.4. The molecule has 1 aromatic heterocycles. The molecule has 33 heavy (non-hydrogen) atoms. The summed E-state index contributed by atoms with van der Waals surface area (Å²) in [4.78, 5) is 19.0. The SMILES string of the molecule is CCC.Cc1ccccc1/C=N/Nc1ccc(-c2cccc(C(=O)N3CCOCC3)c2)cn1. The molecule has 0 spiro atoms. The minimum absolute atomic E-state index is 0.0388. The number of nitrogens with one attached hydrogen (secondary N) is 1. The topological polar surface area (TPSA) is 66.8 Å². The van der Waals surface area contributed by atoms with Crippen LogP contribution in [0, 0.1) is 6.92 Å². The maximum Gasteiger partial charge on any atom is 0.254 e. The average molecular weight is 445 g/mol. The van der Waals surface area contributed by atoms with Crippen molar-refractivity contribution in [1.82, 2.24) is 9.88 Å². The summed E-state index contributed by atoms with van der Waals surface area (Å²) in [5.74, 6) is 0.695. The number of nitrogens with zero attached hydrogens (tertiary/aromatic N) is 3. The molecule has 0 unspecified atom stereocenters. The first-order chi connectivity index (χ1) is 16.1. The lowest BCUT2D eigenvalue weighted by molar-refractivity contribution is 0.0303. The Morgan fingerprint density at radius 2 is 1.82 bits per heavy atom. The standard InChI is InChI=1S/C24H24N4O2.C3H8/c1-18-5-2-3-6-21(18)17-26-27-23-10-9-22(16-25-23)19-7-4-8-20(15-19)24(29)28-11-13-30-14-12-28;1-3-2/h2-10,15-17H,11-14H2,1H3,(H,25,27);3H2,1-2H3/b26-17+;. The number of amides is 1. The highest BCUT2D eigenvalue weighted by atomic mass is 16.5. The van der Waals surface area contributed by atoms with E-state index in [0.717, 1.165) is 22.3 Å². The Labute approximate surface area is 196 Å². The Balaban J connectivity index is 0.000000968. The molecule has 0 radical (unpaired) electrons. The molecular formula is C27H32N4O2. The van der Waals surface area contributed by atoms with Gasteiger partial charge in [0.15, 0.2) is 0 Å². The number of carbonyl (C=O) groups excluding carboxylic acids is 1. The van der Waals surface area contributed by atoms with Gasteiger partial charge >= 0.3 is 0 Å². The number of hydrogen-bond donors (Lipinski definition) is 1. The normalized spacial score (nSPS) is 13.4. The summed E-state index contributed by atoms with van der Waals surface area (Å²) in [6, 6.07) is 19.6.